The minimum Gasteiger partial charge on any atom is -0.307 e. The van der Waals surface area contributed by atoms with Gasteiger partial charge in [0.1, 0.15) is 0 Å². The molecule has 0 rings (SSSR count). The van der Waals surface area contributed by atoms with Crippen LogP contribution in [0.3, 0.4) is 0 Å². The summed E-state index contributed by atoms with van der Waals surface area (Å²) in [5.41, 5.74) is 0. The SMILES string of the molecule is OSO.[Zn]. The molecule has 4 heteroatoms. The molecule has 0 saturated carbocycles. The van der Waals surface area contributed by atoms with Crippen LogP contribution in [-0.4, -0.2) is 9.11 Å². The maximum Gasteiger partial charge on any atom is 0.152 e. The van der Waals surface area contributed by atoms with Gasteiger partial charge < -0.3 is 9.11 Å². The summed E-state index contributed by atoms with van der Waals surface area (Å²) in [6.07, 6.45) is 0. The fourth-order valence-corrected chi connectivity index (χ4v) is 0. The van der Waals surface area contributed by atoms with E-state index in [9.17, 15) is 0 Å². The van der Waals surface area contributed by atoms with Crippen molar-refractivity contribution in [1.29, 1.82) is 0 Å². The van der Waals surface area contributed by atoms with Crippen LogP contribution >= 0.6 is 12.3 Å². The third-order valence-corrected chi connectivity index (χ3v) is 0. The average molecular weight is 131 g/mol. The summed E-state index contributed by atoms with van der Waals surface area (Å²) in [7, 11) is 0. The van der Waals surface area contributed by atoms with Gasteiger partial charge in [0.25, 0.3) is 0 Å². The Bertz CT molecular complexity index is 6.00. The fraction of sp³-hybridized carbons (Fsp3) is 0. The van der Waals surface area contributed by atoms with Gasteiger partial charge >= 0.3 is 0 Å². The molecule has 0 fully saturated rings. The normalized spacial score (nSPS) is 4.50. The van der Waals surface area contributed by atoms with Crippen molar-refractivity contribution < 1.29 is 28.6 Å². The molecule has 4 heavy (non-hydrogen) atoms. The monoisotopic (exact) mass is 130 g/mol. The molecule has 0 saturated heterocycles. The van der Waals surface area contributed by atoms with Crippen molar-refractivity contribution in [3.05, 3.63) is 0 Å². The van der Waals surface area contributed by atoms with Gasteiger partial charge in [0, 0.05) is 19.5 Å². The second-order valence-electron chi connectivity index (χ2n) is 0.0816. The van der Waals surface area contributed by atoms with E-state index in [2.05, 4.69) is 0 Å². The van der Waals surface area contributed by atoms with E-state index in [1.165, 1.54) is 0 Å². The van der Waals surface area contributed by atoms with Crippen molar-refractivity contribution in [2.75, 3.05) is 0 Å². The van der Waals surface area contributed by atoms with Crippen LogP contribution in [0.15, 0.2) is 0 Å². The van der Waals surface area contributed by atoms with Crippen LogP contribution in [0.4, 0.5) is 0 Å². The van der Waals surface area contributed by atoms with Gasteiger partial charge in [-0.15, -0.1) is 0 Å². The van der Waals surface area contributed by atoms with Crippen LogP contribution in [0, 0.1) is 0 Å². The molecule has 0 aromatic heterocycles. The Kier molecular flexibility index (Phi) is 20.1. The van der Waals surface area contributed by atoms with Crippen molar-refractivity contribution in [2.45, 2.75) is 0 Å². The minimum atomic E-state index is -0.250. The molecule has 0 atom stereocenters. The quantitative estimate of drug-likeness (QED) is 0.375. The molecular formula is H2O2SZn. The third kappa shape index (κ3) is 13.0. The van der Waals surface area contributed by atoms with Crippen LogP contribution in [0.1, 0.15) is 0 Å². The van der Waals surface area contributed by atoms with Crippen molar-refractivity contribution in [3.63, 3.8) is 0 Å². The Morgan fingerprint density at radius 3 is 1.25 bits per heavy atom. The smallest absolute Gasteiger partial charge is 0.152 e. The minimum absolute atomic E-state index is 0. The summed E-state index contributed by atoms with van der Waals surface area (Å²) in [4.78, 5) is 0. The summed E-state index contributed by atoms with van der Waals surface area (Å²) in [6, 6.07) is 0. The predicted molar refractivity (Wildman–Crippen MR) is 12.8 cm³/mol. The number of rotatable bonds is 0. The van der Waals surface area contributed by atoms with Gasteiger partial charge in [-0.1, -0.05) is 0 Å². The molecule has 0 aliphatic heterocycles. The first-order valence-electron chi connectivity index (χ1n) is 0.365. The van der Waals surface area contributed by atoms with Gasteiger partial charge in [-0.2, -0.15) is 0 Å². The summed E-state index contributed by atoms with van der Waals surface area (Å²) < 4.78 is 14.1. The molecule has 0 aliphatic carbocycles. The Labute approximate surface area is 41.4 Å². The van der Waals surface area contributed by atoms with Crippen LogP contribution in [-0.2, 0) is 19.5 Å². The molecule has 22 valence electrons. The molecule has 0 unspecified atom stereocenters. The molecule has 2 N–H and O–H groups in total. The maximum absolute atomic E-state index is 7.04. The van der Waals surface area contributed by atoms with Gasteiger partial charge in [-0.05, 0) is 0 Å². The zero-order valence-corrected chi connectivity index (χ0v) is 5.79. The topological polar surface area (TPSA) is 40.5 Å². The molecule has 0 bridgehead atoms. The maximum atomic E-state index is 7.04. The molecule has 0 aromatic carbocycles. The van der Waals surface area contributed by atoms with Crippen LogP contribution in [0.5, 0.6) is 0 Å². The third-order valence-electron chi connectivity index (χ3n) is 0. The van der Waals surface area contributed by atoms with E-state index in [-0.39, 0.29) is 31.8 Å². The summed E-state index contributed by atoms with van der Waals surface area (Å²) >= 11 is -0.250. The van der Waals surface area contributed by atoms with E-state index < -0.39 is 0 Å². The Balaban J connectivity index is 0. The van der Waals surface area contributed by atoms with Gasteiger partial charge in [-0.25, -0.2) is 0 Å². The van der Waals surface area contributed by atoms with Crippen molar-refractivity contribution in [2.24, 2.45) is 0 Å². The Morgan fingerprint density at radius 1 is 1.25 bits per heavy atom. The molecule has 0 spiro atoms. The Hall–Kier alpha value is 0.893. The zero-order chi connectivity index (χ0) is 2.71. The molecule has 0 aliphatic rings. The first kappa shape index (κ1) is 8.86. The summed E-state index contributed by atoms with van der Waals surface area (Å²) in [5.74, 6) is 0. The molecule has 0 aromatic rings. The first-order valence-corrected chi connectivity index (χ1v) is 1.10. The van der Waals surface area contributed by atoms with Crippen molar-refractivity contribution in [3.8, 4) is 0 Å². The van der Waals surface area contributed by atoms with E-state index in [1.54, 1.807) is 0 Å². The summed E-state index contributed by atoms with van der Waals surface area (Å²) in [6.45, 7) is 0. The van der Waals surface area contributed by atoms with Crippen LogP contribution < -0.4 is 0 Å². The predicted octanol–water partition coefficient (Wildman–Crippen LogP) is 0.663. The van der Waals surface area contributed by atoms with Crippen LogP contribution in [0.2, 0.25) is 0 Å². The number of hydrogen-bond donors (Lipinski definition) is 2. The van der Waals surface area contributed by atoms with Gasteiger partial charge in [0.15, 0.2) is 12.3 Å². The Morgan fingerprint density at radius 2 is 1.25 bits per heavy atom. The van der Waals surface area contributed by atoms with E-state index in [0.717, 1.165) is 0 Å². The van der Waals surface area contributed by atoms with E-state index in [0.29, 0.717) is 0 Å². The van der Waals surface area contributed by atoms with Crippen molar-refractivity contribution >= 4 is 12.3 Å². The van der Waals surface area contributed by atoms with Crippen molar-refractivity contribution in [1.82, 2.24) is 0 Å². The van der Waals surface area contributed by atoms with Gasteiger partial charge in [0.2, 0.25) is 0 Å². The second-order valence-corrected chi connectivity index (χ2v) is 0.245. The van der Waals surface area contributed by atoms with Crippen LogP contribution in [0.25, 0.3) is 0 Å². The van der Waals surface area contributed by atoms with E-state index >= 15 is 0 Å². The molecule has 2 nitrogen and oxygen atoms in total. The summed E-state index contributed by atoms with van der Waals surface area (Å²) in [5, 5.41) is 0. The average Bonchev–Trinajstić information content (AvgIpc) is 0.918. The largest absolute Gasteiger partial charge is 0.307 e. The van der Waals surface area contributed by atoms with Gasteiger partial charge in [0.05, 0.1) is 0 Å². The zero-order valence-electron chi connectivity index (χ0n) is 2.01. The fourth-order valence-electron chi connectivity index (χ4n) is 0. The van der Waals surface area contributed by atoms with E-state index in [4.69, 9.17) is 9.11 Å². The molecule has 0 heterocycles. The van der Waals surface area contributed by atoms with E-state index in [1.807, 2.05) is 0 Å². The first-order chi connectivity index (χ1) is 1.41. The second kappa shape index (κ2) is 9.09. The molecule has 0 radical (unpaired) electrons. The molecular weight excluding hydrogens is 129 g/mol. The molecule has 0 amide bonds. The standard InChI is InChI=1S/H2O2S.Zn/c1-3-2;/h1-2H;. The van der Waals surface area contributed by atoms with Gasteiger partial charge in [-0.3, -0.25) is 0 Å². The number of hydrogen-bond acceptors (Lipinski definition) is 3.